The van der Waals surface area contributed by atoms with Gasteiger partial charge in [0, 0.05) is 24.4 Å². The molecule has 7 atom stereocenters. The van der Waals surface area contributed by atoms with Crippen LogP contribution in [0.15, 0.2) is 36.5 Å². The van der Waals surface area contributed by atoms with E-state index in [0.717, 1.165) is 16.8 Å². The number of halogens is 3. The monoisotopic (exact) mass is 619 g/mol. The topological polar surface area (TPSA) is 172 Å². The molecule has 44 heavy (non-hydrogen) atoms. The summed E-state index contributed by atoms with van der Waals surface area (Å²) in [6, 6.07) is 5.61. The molecular weight excluding hydrogens is 591 g/mol. The van der Waals surface area contributed by atoms with Gasteiger partial charge < -0.3 is 39.2 Å². The number of aliphatic hydroxyl groups excluding tert-OH is 3. The number of benzene rings is 2. The minimum Gasteiger partial charge on any atom is -0.497 e. The Morgan fingerprint density at radius 2 is 1.89 bits per heavy atom. The van der Waals surface area contributed by atoms with E-state index in [0.29, 0.717) is 0 Å². The second-order valence-electron chi connectivity index (χ2n) is 10.2. The van der Waals surface area contributed by atoms with Gasteiger partial charge in [-0.15, -0.1) is 5.10 Å². The second kappa shape index (κ2) is 12.9. The smallest absolute Gasteiger partial charge is 0.259 e. The van der Waals surface area contributed by atoms with Crippen LogP contribution < -0.4 is 9.64 Å². The average molecular weight is 620 g/mol. The largest absolute Gasteiger partial charge is 0.497 e. The van der Waals surface area contributed by atoms with Gasteiger partial charge in [0.2, 0.25) is 0 Å². The van der Waals surface area contributed by atoms with Gasteiger partial charge in [0.05, 0.1) is 50.8 Å². The van der Waals surface area contributed by atoms with Gasteiger partial charge in [0.15, 0.2) is 23.6 Å². The maximum absolute atomic E-state index is 14.4. The normalized spacial score (nSPS) is 26.8. The van der Waals surface area contributed by atoms with E-state index in [2.05, 4.69) is 10.3 Å². The number of anilines is 1. The first-order valence-corrected chi connectivity index (χ1v) is 13.3. The predicted octanol–water partition coefficient (Wildman–Crippen LogP) is 0.712. The fourth-order valence-electron chi connectivity index (χ4n) is 5.42. The van der Waals surface area contributed by atoms with E-state index in [-0.39, 0.29) is 41.5 Å². The molecule has 0 radical (unpaired) electrons. The van der Waals surface area contributed by atoms with E-state index in [1.165, 1.54) is 43.5 Å². The fourth-order valence-corrected chi connectivity index (χ4v) is 5.42. The molecule has 0 spiro atoms. The minimum atomic E-state index is -1.66. The Kier molecular flexibility index (Phi) is 9.15. The Labute approximate surface area is 248 Å². The first kappa shape index (κ1) is 31.3. The van der Waals surface area contributed by atoms with E-state index in [1.54, 1.807) is 0 Å². The third-order valence-electron chi connectivity index (χ3n) is 7.60. The van der Waals surface area contributed by atoms with E-state index in [9.17, 15) is 38.5 Å². The number of aromatic nitrogens is 3. The lowest BCUT2D eigenvalue weighted by molar-refractivity contribution is -0.211. The van der Waals surface area contributed by atoms with Crippen molar-refractivity contribution in [1.29, 1.82) is 5.26 Å². The van der Waals surface area contributed by atoms with Crippen LogP contribution in [0, 0.1) is 28.8 Å². The van der Waals surface area contributed by atoms with Crippen molar-refractivity contribution < 1.29 is 52.2 Å². The summed E-state index contributed by atoms with van der Waals surface area (Å²) >= 11 is 0. The Bertz CT molecular complexity index is 1550. The summed E-state index contributed by atoms with van der Waals surface area (Å²) in [6.45, 7) is -0.876. The third-order valence-corrected chi connectivity index (χ3v) is 7.60. The number of carbonyl (C=O) groups is 1. The zero-order valence-corrected chi connectivity index (χ0v) is 23.4. The maximum atomic E-state index is 14.4. The summed E-state index contributed by atoms with van der Waals surface area (Å²) in [4.78, 5) is 15.6. The first-order chi connectivity index (χ1) is 21.1. The lowest BCUT2D eigenvalue weighted by Crippen LogP contribution is -2.63. The summed E-state index contributed by atoms with van der Waals surface area (Å²) in [5.41, 5.74) is 0.0875. The highest BCUT2D eigenvalue weighted by molar-refractivity contribution is 5.98. The molecule has 3 N–H and O–H groups in total. The number of hydrogen-bond donors (Lipinski definition) is 3. The van der Waals surface area contributed by atoms with Crippen molar-refractivity contribution in [2.45, 2.75) is 42.6 Å². The van der Waals surface area contributed by atoms with E-state index < -0.39 is 72.6 Å². The van der Waals surface area contributed by atoms with Gasteiger partial charge in [-0.3, -0.25) is 4.79 Å². The van der Waals surface area contributed by atoms with Crippen LogP contribution >= 0.6 is 0 Å². The molecule has 2 aromatic carbocycles. The second-order valence-corrected chi connectivity index (χ2v) is 10.2. The van der Waals surface area contributed by atoms with Crippen molar-refractivity contribution in [1.82, 2.24) is 15.0 Å². The predicted molar refractivity (Wildman–Crippen MR) is 143 cm³/mol. The fraction of sp³-hybridized carbons (Fsp3) is 0.429. The van der Waals surface area contributed by atoms with Crippen molar-refractivity contribution in [3.05, 3.63) is 59.5 Å². The zero-order valence-electron chi connectivity index (χ0n) is 23.4. The van der Waals surface area contributed by atoms with Crippen LogP contribution in [0.3, 0.4) is 0 Å². The molecular formula is C28H28F3N5O8. The average Bonchev–Trinajstić information content (AvgIpc) is 3.68. The van der Waals surface area contributed by atoms with Gasteiger partial charge in [0.25, 0.3) is 5.91 Å². The summed E-state index contributed by atoms with van der Waals surface area (Å²) in [5, 5.41) is 49.4. The van der Waals surface area contributed by atoms with Crippen molar-refractivity contribution in [2.24, 2.45) is 0 Å². The van der Waals surface area contributed by atoms with E-state index >= 15 is 0 Å². The minimum absolute atomic E-state index is 0.0664. The van der Waals surface area contributed by atoms with Gasteiger partial charge in [-0.05, 0) is 24.3 Å². The number of aliphatic hydroxyl groups is 3. The zero-order chi connectivity index (χ0) is 31.7. The van der Waals surface area contributed by atoms with E-state index in [4.69, 9.17) is 18.9 Å². The lowest BCUT2D eigenvalue weighted by Gasteiger charge is -2.45. The number of methoxy groups -OCH3 is 2. The number of amides is 1. The van der Waals surface area contributed by atoms with Gasteiger partial charge in [-0.2, -0.15) is 5.26 Å². The molecule has 1 amide bonds. The van der Waals surface area contributed by atoms with E-state index in [1.807, 2.05) is 6.07 Å². The van der Waals surface area contributed by atoms with Crippen LogP contribution in [0.4, 0.5) is 18.9 Å². The standard InChI is InChI=1S/C28H28F3N5O8/c1-41-16-4-13(8-32)3-15(7-16)36(20-11-43-12-21(20)38)28(40)27-26(42-2)24(25(39)22(10-37)44-27)35-9-19(33-34-35)14-5-17(29)23(31)18(30)6-14/h3-7,9,20-22,24-27,37-39H,10-12H2,1-2H3/t20-,21-,22+,24-,25-,26+,27+/m0/s1. The maximum Gasteiger partial charge on any atom is 0.259 e. The number of ether oxygens (including phenoxy) is 4. The molecule has 1 aromatic heterocycles. The molecule has 234 valence electrons. The quantitative estimate of drug-likeness (QED) is 0.303. The van der Waals surface area contributed by atoms with Gasteiger partial charge in [-0.25, -0.2) is 17.9 Å². The van der Waals surface area contributed by atoms with Crippen LogP contribution in [0.1, 0.15) is 11.6 Å². The molecule has 2 fully saturated rings. The molecule has 16 heteroatoms. The van der Waals surface area contributed by atoms with Crippen molar-refractivity contribution in [2.75, 3.05) is 38.9 Å². The number of carbonyl (C=O) groups excluding carboxylic acids is 1. The molecule has 0 bridgehead atoms. The molecule has 2 aliphatic rings. The highest BCUT2D eigenvalue weighted by Crippen LogP contribution is 2.36. The van der Waals surface area contributed by atoms with Crippen LogP contribution in [0.25, 0.3) is 11.3 Å². The Morgan fingerprint density at radius 1 is 1.16 bits per heavy atom. The molecule has 2 saturated heterocycles. The molecule has 0 saturated carbocycles. The molecule has 13 nitrogen and oxygen atoms in total. The van der Waals surface area contributed by atoms with Crippen LogP contribution in [0.5, 0.6) is 5.75 Å². The van der Waals surface area contributed by atoms with Crippen molar-refractivity contribution in [3.63, 3.8) is 0 Å². The molecule has 3 aromatic rings. The van der Waals surface area contributed by atoms with Gasteiger partial charge >= 0.3 is 0 Å². The van der Waals surface area contributed by atoms with Gasteiger partial charge in [-0.1, -0.05) is 5.21 Å². The van der Waals surface area contributed by atoms with Crippen molar-refractivity contribution >= 4 is 11.6 Å². The molecule has 5 rings (SSSR count). The highest BCUT2D eigenvalue weighted by Gasteiger charge is 2.52. The Morgan fingerprint density at radius 3 is 2.48 bits per heavy atom. The molecule has 3 heterocycles. The Balaban J connectivity index is 1.56. The highest BCUT2D eigenvalue weighted by atomic mass is 19.2. The molecule has 0 unspecified atom stereocenters. The first-order valence-electron chi connectivity index (χ1n) is 13.3. The molecule has 0 aliphatic carbocycles. The number of nitrogens with zero attached hydrogens (tertiary/aromatic N) is 5. The third kappa shape index (κ3) is 5.73. The van der Waals surface area contributed by atoms with Crippen LogP contribution in [-0.2, 0) is 19.0 Å². The number of hydrogen-bond acceptors (Lipinski definition) is 11. The number of rotatable bonds is 8. The van der Waals surface area contributed by atoms with Crippen molar-refractivity contribution in [3.8, 4) is 23.1 Å². The summed E-state index contributed by atoms with van der Waals surface area (Å²) in [7, 11) is 2.62. The summed E-state index contributed by atoms with van der Waals surface area (Å²) < 4.78 is 64.6. The molecule has 2 aliphatic heterocycles. The lowest BCUT2D eigenvalue weighted by atomic mass is 9.91. The van der Waals surface area contributed by atoms with Gasteiger partial charge in [0.1, 0.15) is 41.9 Å². The Hall–Kier alpha value is -4.11. The SMILES string of the molecule is COc1cc(C#N)cc(N(C(=O)[C@@H]2O[C@H](CO)[C@H](O)[C@H](n3cc(-c4cc(F)c(F)c(F)c4)nn3)[C@H]2OC)[C@H]2COC[C@@H]2O)c1. The summed E-state index contributed by atoms with van der Waals surface area (Å²) in [5.74, 6) is -5.08. The van der Waals surface area contributed by atoms with Crippen LogP contribution in [0.2, 0.25) is 0 Å². The van der Waals surface area contributed by atoms with Crippen LogP contribution in [-0.4, -0.2) is 107 Å². The number of nitriles is 1. The summed E-state index contributed by atoms with van der Waals surface area (Å²) in [6.07, 6.45) is -5.63.